The van der Waals surface area contributed by atoms with Gasteiger partial charge in [0.25, 0.3) is 5.91 Å². The number of nitrogens with zero attached hydrogens (tertiary/aromatic N) is 3. The molecule has 1 amide bonds. The number of carboxylic acids is 1. The van der Waals surface area contributed by atoms with Crippen LogP contribution in [0.5, 0.6) is 0 Å². The van der Waals surface area contributed by atoms with Crippen LogP contribution >= 0.6 is 0 Å². The van der Waals surface area contributed by atoms with Crippen LogP contribution in [0, 0.1) is 5.92 Å². The van der Waals surface area contributed by atoms with Crippen LogP contribution < -0.4 is 0 Å². The van der Waals surface area contributed by atoms with Crippen molar-refractivity contribution in [2.75, 3.05) is 13.1 Å². The van der Waals surface area contributed by atoms with Gasteiger partial charge in [-0.25, -0.2) is 0 Å². The summed E-state index contributed by atoms with van der Waals surface area (Å²) in [5, 5.41) is 12.8. The summed E-state index contributed by atoms with van der Waals surface area (Å²) in [6.45, 7) is 1.42. The molecular weight excluding hydrogens is 274 g/mol. The Morgan fingerprint density at radius 3 is 2.86 bits per heavy atom. The normalized spacial score (nSPS) is 15.0. The Balaban J connectivity index is 1.57. The molecule has 0 aromatic carbocycles. The standard InChI is InChI=1S/C14H15N3O4/c18-13(19)6-10-7-16(8-10)14(20)12-3-2-11(21-12)9-17-5-1-4-15-17/h1-5,10H,6-9H2,(H,18,19). The van der Waals surface area contributed by atoms with Gasteiger partial charge in [0, 0.05) is 31.4 Å². The highest BCUT2D eigenvalue weighted by Gasteiger charge is 2.33. The van der Waals surface area contributed by atoms with Crippen LogP contribution in [0.25, 0.3) is 0 Å². The Morgan fingerprint density at radius 2 is 2.19 bits per heavy atom. The van der Waals surface area contributed by atoms with E-state index in [1.165, 1.54) is 0 Å². The molecule has 21 heavy (non-hydrogen) atoms. The SMILES string of the molecule is O=C(O)CC1CN(C(=O)c2ccc(Cn3cccn3)o2)C1. The highest BCUT2D eigenvalue weighted by molar-refractivity contribution is 5.92. The zero-order chi connectivity index (χ0) is 14.8. The Kier molecular flexibility index (Phi) is 3.47. The molecule has 0 aliphatic carbocycles. The van der Waals surface area contributed by atoms with Gasteiger partial charge in [0.15, 0.2) is 5.76 Å². The van der Waals surface area contributed by atoms with E-state index < -0.39 is 5.97 Å². The number of carbonyl (C=O) groups is 2. The quantitative estimate of drug-likeness (QED) is 0.889. The first kappa shape index (κ1) is 13.4. The van der Waals surface area contributed by atoms with Gasteiger partial charge in [-0.1, -0.05) is 0 Å². The molecule has 7 nitrogen and oxygen atoms in total. The van der Waals surface area contributed by atoms with Crippen molar-refractivity contribution in [2.24, 2.45) is 5.92 Å². The van der Waals surface area contributed by atoms with Crippen LogP contribution in [-0.2, 0) is 11.3 Å². The van der Waals surface area contributed by atoms with Crippen LogP contribution in [0.1, 0.15) is 22.7 Å². The van der Waals surface area contributed by atoms with Gasteiger partial charge in [-0.3, -0.25) is 14.3 Å². The topological polar surface area (TPSA) is 88.6 Å². The van der Waals surface area contributed by atoms with Crippen LogP contribution in [-0.4, -0.2) is 44.8 Å². The predicted molar refractivity (Wildman–Crippen MR) is 71.7 cm³/mol. The molecule has 2 aromatic rings. The lowest BCUT2D eigenvalue weighted by molar-refractivity contribution is -0.139. The van der Waals surface area contributed by atoms with Crippen LogP contribution in [0.2, 0.25) is 0 Å². The Bertz CT molecular complexity index is 641. The molecule has 1 fully saturated rings. The minimum absolute atomic E-state index is 0.0463. The number of aliphatic carboxylic acids is 1. The van der Waals surface area contributed by atoms with Gasteiger partial charge in [-0.05, 0) is 18.2 Å². The van der Waals surface area contributed by atoms with Crippen LogP contribution in [0.3, 0.4) is 0 Å². The van der Waals surface area contributed by atoms with Gasteiger partial charge in [-0.15, -0.1) is 0 Å². The predicted octanol–water partition coefficient (Wildman–Crippen LogP) is 1.07. The molecule has 0 atom stereocenters. The van der Waals surface area contributed by atoms with E-state index >= 15 is 0 Å². The fraction of sp³-hybridized carbons (Fsp3) is 0.357. The maximum Gasteiger partial charge on any atom is 0.303 e. The number of aromatic nitrogens is 2. The second kappa shape index (κ2) is 5.43. The van der Waals surface area contributed by atoms with Gasteiger partial charge >= 0.3 is 5.97 Å². The molecule has 1 aliphatic heterocycles. The molecule has 2 aromatic heterocycles. The first-order valence-electron chi connectivity index (χ1n) is 6.69. The average molecular weight is 289 g/mol. The summed E-state index contributed by atoms with van der Waals surface area (Å²) in [4.78, 5) is 24.3. The van der Waals surface area contributed by atoms with E-state index in [1.54, 1.807) is 27.9 Å². The Labute approximate surface area is 120 Å². The number of hydrogen-bond acceptors (Lipinski definition) is 4. The van der Waals surface area contributed by atoms with Crippen LogP contribution in [0.15, 0.2) is 35.0 Å². The van der Waals surface area contributed by atoms with Crippen molar-refractivity contribution in [3.8, 4) is 0 Å². The lowest BCUT2D eigenvalue weighted by atomic mass is 9.96. The Hall–Kier alpha value is -2.57. The number of carboxylic acid groups (broad SMARTS) is 1. The first-order valence-corrected chi connectivity index (χ1v) is 6.69. The summed E-state index contributed by atoms with van der Waals surface area (Å²) >= 11 is 0. The summed E-state index contributed by atoms with van der Waals surface area (Å²) < 4.78 is 7.23. The molecule has 0 spiro atoms. The zero-order valence-corrected chi connectivity index (χ0v) is 11.3. The van der Waals surface area contributed by atoms with Crippen molar-refractivity contribution in [1.82, 2.24) is 14.7 Å². The molecular formula is C14H15N3O4. The maximum absolute atomic E-state index is 12.1. The fourth-order valence-corrected chi connectivity index (χ4v) is 2.40. The summed E-state index contributed by atoms with van der Waals surface area (Å²) in [5.41, 5.74) is 0. The second-order valence-electron chi connectivity index (χ2n) is 5.14. The average Bonchev–Trinajstić information content (AvgIpc) is 3.04. The van der Waals surface area contributed by atoms with E-state index in [1.807, 2.05) is 12.3 Å². The molecule has 1 saturated heterocycles. The summed E-state index contributed by atoms with van der Waals surface area (Å²) in [5.74, 6) is -0.0319. The van der Waals surface area contributed by atoms with E-state index in [9.17, 15) is 9.59 Å². The smallest absolute Gasteiger partial charge is 0.303 e. The number of carbonyl (C=O) groups excluding carboxylic acids is 1. The molecule has 0 saturated carbocycles. The van der Waals surface area contributed by atoms with Gasteiger partial charge in [0.2, 0.25) is 0 Å². The van der Waals surface area contributed by atoms with Crippen molar-refractivity contribution in [1.29, 1.82) is 0 Å². The van der Waals surface area contributed by atoms with Gasteiger partial charge in [-0.2, -0.15) is 5.10 Å². The number of furan rings is 1. The molecule has 3 heterocycles. The minimum Gasteiger partial charge on any atom is -0.481 e. The van der Waals surface area contributed by atoms with Crippen molar-refractivity contribution in [3.63, 3.8) is 0 Å². The summed E-state index contributed by atoms with van der Waals surface area (Å²) in [6, 6.07) is 5.22. The molecule has 1 N–H and O–H groups in total. The highest BCUT2D eigenvalue weighted by atomic mass is 16.4. The lowest BCUT2D eigenvalue weighted by Crippen LogP contribution is -2.50. The molecule has 110 valence electrons. The van der Waals surface area contributed by atoms with Crippen molar-refractivity contribution in [2.45, 2.75) is 13.0 Å². The van der Waals surface area contributed by atoms with E-state index in [0.29, 0.717) is 25.4 Å². The molecule has 0 unspecified atom stereocenters. The van der Waals surface area contributed by atoms with Gasteiger partial charge in [0.1, 0.15) is 5.76 Å². The van der Waals surface area contributed by atoms with Crippen molar-refractivity contribution in [3.05, 3.63) is 42.1 Å². The van der Waals surface area contributed by atoms with Gasteiger partial charge < -0.3 is 14.4 Å². The molecule has 0 bridgehead atoms. The third kappa shape index (κ3) is 2.96. The maximum atomic E-state index is 12.1. The van der Waals surface area contributed by atoms with E-state index in [0.717, 1.165) is 0 Å². The number of rotatable bonds is 5. The van der Waals surface area contributed by atoms with E-state index in [2.05, 4.69) is 5.10 Å². The van der Waals surface area contributed by atoms with Crippen molar-refractivity contribution >= 4 is 11.9 Å². The highest BCUT2D eigenvalue weighted by Crippen LogP contribution is 2.22. The molecule has 3 rings (SSSR count). The fourth-order valence-electron chi connectivity index (χ4n) is 2.40. The molecule has 7 heteroatoms. The number of hydrogen-bond donors (Lipinski definition) is 1. The second-order valence-corrected chi connectivity index (χ2v) is 5.14. The summed E-state index contributed by atoms with van der Waals surface area (Å²) in [6.07, 6.45) is 3.60. The van der Waals surface area contributed by atoms with E-state index in [4.69, 9.17) is 9.52 Å². The monoisotopic (exact) mass is 289 g/mol. The van der Waals surface area contributed by atoms with Gasteiger partial charge in [0.05, 0.1) is 13.0 Å². The zero-order valence-electron chi connectivity index (χ0n) is 11.3. The molecule has 1 aliphatic rings. The largest absolute Gasteiger partial charge is 0.481 e. The third-order valence-corrected chi connectivity index (χ3v) is 3.46. The number of amides is 1. The lowest BCUT2D eigenvalue weighted by Gasteiger charge is -2.37. The molecule has 0 radical (unpaired) electrons. The first-order chi connectivity index (χ1) is 10.1. The summed E-state index contributed by atoms with van der Waals surface area (Å²) in [7, 11) is 0. The van der Waals surface area contributed by atoms with Crippen molar-refractivity contribution < 1.29 is 19.1 Å². The van der Waals surface area contributed by atoms with E-state index in [-0.39, 0.29) is 24.0 Å². The van der Waals surface area contributed by atoms with Crippen LogP contribution in [0.4, 0.5) is 0 Å². The minimum atomic E-state index is -0.827. The Morgan fingerprint density at radius 1 is 1.38 bits per heavy atom. The number of likely N-dealkylation sites (tertiary alicyclic amines) is 1. The third-order valence-electron chi connectivity index (χ3n) is 3.46.